The number of ether oxygens (including phenoxy) is 1. The first kappa shape index (κ1) is 18.0. The summed E-state index contributed by atoms with van der Waals surface area (Å²) in [6, 6.07) is 17.2. The molecular formula is C21H21ClN2O3. The summed E-state index contributed by atoms with van der Waals surface area (Å²) in [6.45, 7) is 2.79. The fourth-order valence-electron chi connectivity index (χ4n) is 3.18. The highest BCUT2D eigenvalue weighted by Gasteiger charge is 2.25. The maximum Gasteiger partial charge on any atom is 0.230 e. The summed E-state index contributed by atoms with van der Waals surface area (Å²) in [5, 5.41) is 11.4. The number of halogens is 1. The van der Waals surface area contributed by atoms with E-state index in [9.17, 15) is 5.11 Å². The highest BCUT2D eigenvalue weighted by Crippen LogP contribution is 2.31. The van der Waals surface area contributed by atoms with Gasteiger partial charge in [0.25, 0.3) is 0 Å². The average Bonchev–Trinajstić information content (AvgIpc) is 3.13. The number of anilines is 1. The van der Waals surface area contributed by atoms with Gasteiger partial charge in [0.15, 0.2) is 6.10 Å². The average molecular weight is 385 g/mol. The predicted octanol–water partition coefficient (Wildman–Crippen LogP) is 3.84. The fraction of sp³-hybridized carbons (Fsp3) is 0.286. The van der Waals surface area contributed by atoms with Gasteiger partial charge < -0.3 is 19.2 Å². The number of nitrogens with zero attached hydrogens (tertiary/aromatic N) is 2. The summed E-state index contributed by atoms with van der Waals surface area (Å²) in [6.07, 6.45) is -0.295. The first-order valence-corrected chi connectivity index (χ1v) is 9.38. The van der Waals surface area contributed by atoms with Crippen LogP contribution < -0.4 is 4.90 Å². The third-order valence-electron chi connectivity index (χ3n) is 4.63. The summed E-state index contributed by atoms with van der Waals surface area (Å²) in [7, 11) is 0. The molecule has 140 valence electrons. The standard InChI is InChI=1S/C21H21ClN2O3/c22-17-8-6-16(7-9-17)19(25)20-23-18(14-15-4-2-1-3-5-15)21(27-20)24-10-12-26-13-11-24/h1-9,19,25H,10-14H2. The van der Waals surface area contributed by atoms with Crippen molar-refractivity contribution in [1.29, 1.82) is 0 Å². The van der Waals surface area contributed by atoms with Crippen LogP contribution in [0, 0.1) is 0 Å². The van der Waals surface area contributed by atoms with Crippen molar-refractivity contribution in [3.63, 3.8) is 0 Å². The second-order valence-electron chi connectivity index (χ2n) is 6.52. The first-order chi connectivity index (χ1) is 13.2. The number of aliphatic hydroxyl groups excluding tert-OH is 1. The molecule has 1 atom stereocenters. The van der Waals surface area contributed by atoms with Crippen LogP contribution in [0.2, 0.25) is 5.02 Å². The largest absolute Gasteiger partial charge is 0.422 e. The molecule has 1 N–H and O–H groups in total. The van der Waals surface area contributed by atoms with E-state index in [4.69, 9.17) is 20.8 Å². The molecule has 0 aliphatic carbocycles. The van der Waals surface area contributed by atoms with E-state index in [-0.39, 0.29) is 0 Å². The van der Waals surface area contributed by atoms with Crippen LogP contribution in [0.5, 0.6) is 0 Å². The SMILES string of the molecule is OC(c1ccc(Cl)cc1)c1nc(Cc2ccccc2)c(N2CCOCC2)o1. The molecule has 6 heteroatoms. The molecule has 0 bridgehead atoms. The molecule has 4 rings (SSSR count). The number of hydrogen-bond donors (Lipinski definition) is 1. The van der Waals surface area contributed by atoms with Gasteiger partial charge in [-0.2, -0.15) is 0 Å². The smallest absolute Gasteiger partial charge is 0.230 e. The van der Waals surface area contributed by atoms with Crippen LogP contribution in [-0.2, 0) is 11.2 Å². The fourth-order valence-corrected chi connectivity index (χ4v) is 3.31. The molecule has 1 fully saturated rings. The summed E-state index contributed by atoms with van der Waals surface area (Å²) >= 11 is 5.94. The number of benzene rings is 2. The van der Waals surface area contributed by atoms with Gasteiger partial charge in [-0.25, -0.2) is 4.98 Å². The number of oxazole rings is 1. The summed E-state index contributed by atoms with van der Waals surface area (Å²) in [5.41, 5.74) is 2.67. The summed E-state index contributed by atoms with van der Waals surface area (Å²) < 4.78 is 11.5. The topological polar surface area (TPSA) is 58.7 Å². The van der Waals surface area contributed by atoms with Gasteiger partial charge in [0.05, 0.1) is 13.2 Å². The van der Waals surface area contributed by atoms with Crippen molar-refractivity contribution in [3.05, 3.63) is 82.3 Å². The molecule has 1 unspecified atom stereocenters. The number of hydrogen-bond acceptors (Lipinski definition) is 5. The van der Waals surface area contributed by atoms with E-state index in [1.807, 2.05) is 18.2 Å². The third kappa shape index (κ3) is 4.16. The van der Waals surface area contributed by atoms with Crippen LogP contribution in [0.25, 0.3) is 0 Å². The predicted molar refractivity (Wildman–Crippen MR) is 104 cm³/mol. The van der Waals surface area contributed by atoms with Gasteiger partial charge in [-0.3, -0.25) is 0 Å². The van der Waals surface area contributed by atoms with Gasteiger partial charge in [0, 0.05) is 24.5 Å². The minimum Gasteiger partial charge on any atom is -0.422 e. The van der Waals surface area contributed by atoms with Crippen LogP contribution >= 0.6 is 11.6 Å². The zero-order valence-electron chi connectivity index (χ0n) is 14.8. The van der Waals surface area contributed by atoms with Crippen LogP contribution in [0.4, 0.5) is 5.88 Å². The van der Waals surface area contributed by atoms with Crippen molar-refractivity contribution < 1.29 is 14.3 Å². The molecule has 0 amide bonds. The Bertz CT molecular complexity index is 874. The minimum atomic E-state index is -0.938. The van der Waals surface area contributed by atoms with E-state index in [2.05, 4.69) is 22.0 Å². The highest BCUT2D eigenvalue weighted by atomic mass is 35.5. The molecule has 5 nitrogen and oxygen atoms in total. The van der Waals surface area contributed by atoms with Gasteiger partial charge in [-0.15, -0.1) is 0 Å². The van der Waals surface area contributed by atoms with E-state index in [0.29, 0.717) is 42.0 Å². The number of rotatable bonds is 5. The van der Waals surface area contributed by atoms with Gasteiger partial charge in [0.1, 0.15) is 5.69 Å². The molecule has 1 aliphatic rings. The highest BCUT2D eigenvalue weighted by molar-refractivity contribution is 6.30. The van der Waals surface area contributed by atoms with Crippen molar-refractivity contribution in [1.82, 2.24) is 4.98 Å². The first-order valence-electron chi connectivity index (χ1n) is 9.00. The lowest BCUT2D eigenvalue weighted by Crippen LogP contribution is -2.36. The quantitative estimate of drug-likeness (QED) is 0.724. The van der Waals surface area contributed by atoms with Gasteiger partial charge in [-0.05, 0) is 23.3 Å². The molecule has 2 aromatic carbocycles. The van der Waals surface area contributed by atoms with E-state index >= 15 is 0 Å². The molecule has 1 aliphatic heterocycles. The molecule has 27 heavy (non-hydrogen) atoms. The molecular weight excluding hydrogens is 364 g/mol. The maximum absolute atomic E-state index is 10.7. The van der Waals surface area contributed by atoms with E-state index < -0.39 is 6.10 Å². The Morgan fingerprint density at radius 3 is 2.44 bits per heavy atom. The summed E-state index contributed by atoms with van der Waals surface area (Å²) in [5.74, 6) is 1.01. The van der Waals surface area contributed by atoms with Crippen LogP contribution in [0.3, 0.4) is 0 Å². The maximum atomic E-state index is 10.7. The lowest BCUT2D eigenvalue weighted by Gasteiger charge is -2.26. The summed E-state index contributed by atoms with van der Waals surface area (Å²) in [4.78, 5) is 6.78. The molecule has 1 aromatic heterocycles. The molecule has 1 saturated heterocycles. The number of aliphatic hydroxyl groups is 1. The van der Waals surface area contributed by atoms with Gasteiger partial charge >= 0.3 is 0 Å². The van der Waals surface area contributed by atoms with E-state index in [0.717, 1.165) is 24.3 Å². The van der Waals surface area contributed by atoms with E-state index in [1.54, 1.807) is 24.3 Å². The van der Waals surface area contributed by atoms with Crippen molar-refractivity contribution in [2.45, 2.75) is 12.5 Å². The second-order valence-corrected chi connectivity index (χ2v) is 6.96. The monoisotopic (exact) mass is 384 g/mol. The lowest BCUT2D eigenvalue weighted by molar-refractivity contribution is 0.119. The Morgan fingerprint density at radius 1 is 1.04 bits per heavy atom. The third-order valence-corrected chi connectivity index (χ3v) is 4.88. The second kappa shape index (κ2) is 8.13. The Balaban J connectivity index is 1.66. The Labute approximate surface area is 163 Å². The zero-order chi connectivity index (χ0) is 18.6. The Kier molecular flexibility index (Phi) is 5.43. The minimum absolute atomic E-state index is 0.296. The van der Waals surface area contributed by atoms with Crippen molar-refractivity contribution >= 4 is 17.5 Å². The van der Waals surface area contributed by atoms with Crippen molar-refractivity contribution in [2.75, 3.05) is 31.2 Å². The molecule has 3 aromatic rings. The van der Waals surface area contributed by atoms with E-state index in [1.165, 1.54) is 0 Å². The van der Waals surface area contributed by atoms with Gasteiger partial charge in [0.2, 0.25) is 11.8 Å². The molecule has 0 spiro atoms. The lowest BCUT2D eigenvalue weighted by atomic mass is 10.1. The van der Waals surface area contributed by atoms with Gasteiger partial charge in [-0.1, -0.05) is 54.1 Å². The van der Waals surface area contributed by atoms with Crippen LogP contribution in [0.15, 0.2) is 59.0 Å². The number of morpholine rings is 1. The van der Waals surface area contributed by atoms with Crippen LogP contribution in [0.1, 0.15) is 28.8 Å². The molecule has 2 heterocycles. The van der Waals surface area contributed by atoms with Crippen molar-refractivity contribution in [2.24, 2.45) is 0 Å². The normalized spacial score (nSPS) is 15.7. The van der Waals surface area contributed by atoms with Crippen LogP contribution in [-0.4, -0.2) is 36.4 Å². The molecule has 0 radical (unpaired) electrons. The Morgan fingerprint density at radius 2 is 1.74 bits per heavy atom. The molecule has 0 saturated carbocycles. The Hall–Kier alpha value is -2.34. The zero-order valence-corrected chi connectivity index (χ0v) is 15.6. The van der Waals surface area contributed by atoms with Crippen molar-refractivity contribution in [3.8, 4) is 0 Å². The number of aromatic nitrogens is 1.